The number of carbonyl (C=O) groups is 1. The fraction of sp³-hybridized carbons (Fsp3) is 0.125. The summed E-state index contributed by atoms with van der Waals surface area (Å²) in [4.78, 5) is 21.1. The number of carboxylic acid groups (broad SMARTS) is 1. The number of non-ortho nitro benzene ring substituents is 1. The third-order valence-corrected chi connectivity index (χ3v) is 4.65. The molecule has 0 amide bonds. The lowest BCUT2D eigenvalue weighted by Crippen LogP contribution is -2.04. The molecule has 0 aliphatic carbocycles. The second-order valence-electron chi connectivity index (χ2n) is 5.40. The van der Waals surface area contributed by atoms with Gasteiger partial charge in [0.25, 0.3) is 5.69 Å². The summed E-state index contributed by atoms with van der Waals surface area (Å²) in [5.74, 6) is -0.801. The average molecular weight is 387 g/mol. The van der Waals surface area contributed by atoms with Crippen molar-refractivity contribution in [3.63, 3.8) is 0 Å². The molecule has 138 valence electrons. The zero-order valence-corrected chi connectivity index (χ0v) is 14.5. The van der Waals surface area contributed by atoms with Crippen LogP contribution in [-0.4, -0.2) is 47.1 Å². The van der Waals surface area contributed by atoms with Crippen LogP contribution in [0, 0.1) is 10.1 Å². The second kappa shape index (κ2) is 7.93. The van der Waals surface area contributed by atoms with Gasteiger partial charge >= 0.3 is 5.97 Å². The van der Waals surface area contributed by atoms with Crippen LogP contribution in [-0.2, 0) is 0 Å². The molecule has 10 nitrogen and oxygen atoms in total. The molecule has 0 bridgehead atoms. The van der Waals surface area contributed by atoms with Crippen LogP contribution in [0.1, 0.15) is 22.0 Å². The Hall–Kier alpha value is -3.31. The number of carboxylic acids is 1. The van der Waals surface area contributed by atoms with Gasteiger partial charge in [0, 0.05) is 17.9 Å². The summed E-state index contributed by atoms with van der Waals surface area (Å²) < 4.78 is 1.43. The Labute approximate surface area is 156 Å². The summed E-state index contributed by atoms with van der Waals surface area (Å²) in [6, 6.07) is 11.7. The molecule has 27 heavy (non-hydrogen) atoms. The van der Waals surface area contributed by atoms with Crippen LogP contribution in [0.25, 0.3) is 5.69 Å². The van der Waals surface area contributed by atoms with E-state index in [4.69, 9.17) is 5.11 Å². The zero-order chi connectivity index (χ0) is 19.4. The van der Waals surface area contributed by atoms with Crippen LogP contribution in [0.2, 0.25) is 0 Å². The number of tetrazole rings is 1. The van der Waals surface area contributed by atoms with E-state index in [2.05, 4.69) is 15.5 Å². The Balaban J connectivity index is 1.69. The number of rotatable bonds is 7. The van der Waals surface area contributed by atoms with E-state index < -0.39 is 17.0 Å². The molecule has 0 saturated heterocycles. The maximum Gasteiger partial charge on any atom is 0.335 e. The number of nitro groups is 1. The first-order valence-corrected chi connectivity index (χ1v) is 8.61. The van der Waals surface area contributed by atoms with E-state index in [0.29, 0.717) is 16.4 Å². The van der Waals surface area contributed by atoms with Crippen molar-refractivity contribution in [2.24, 2.45) is 0 Å². The van der Waals surface area contributed by atoms with Crippen LogP contribution in [0.5, 0.6) is 0 Å². The van der Waals surface area contributed by atoms with E-state index in [1.807, 2.05) is 0 Å². The van der Waals surface area contributed by atoms with Gasteiger partial charge in [-0.25, -0.2) is 4.79 Å². The molecule has 1 aromatic heterocycles. The van der Waals surface area contributed by atoms with Gasteiger partial charge in [-0.05, 0) is 52.4 Å². The van der Waals surface area contributed by atoms with Crippen LogP contribution in [0.15, 0.2) is 53.7 Å². The lowest BCUT2D eigenvalue weighted by Gasteiger charge is -2.10. The number of thioether (sulfide) groups is 1. The van der Waals surface area contributed by atoms with Crippen molar-refractivity contribution >= 4 is 23.4 Å². The topological polar surface area (TPSA) is 144 Å². The highest BCUT2D eigenvalue weighted by molar-refractivity contribution is 7.99. The number of aliphatic hydroxyl groups is 1. The minimum atomic E-state index is -1.03. The summed E-state index contributed by atoms with van der Waals surface area (Å²) in [6.45, 7) is 0. The van der Waals surface area contributed by atoms with Crippen molar-refractivity contribution < 1.29 is 19.9 Å². The molecular formula is C16H13N5O5S. The molecule has 3 rings (SSSR count). The summed E-state index contributed by atoms with van der Waals surface area (Å²) >= 11 is 1.20. The number of nitro benzene ring substituents is 1. The zero-order valence-electron chi connectivity index (χ0n) is 13.7. The van der Waals surface area contributed by atoms with Crippen molar-refractivity contribution in [2.45, 2.75) is 11.3 Å². The quantitative estimate of drug-likeness (QED) is 0.353. The lowest BCUT2D eigenvalue weighted by atomic mass is 10.1. The van der Waals surface area contributed by atoms with Gasteiger partial charge in [-0.15, -0.1) is 5.10 Å². The van der Waals surface area contributed by atoms with Crippen LogP contribution < -0.4 is 0 Å². The average Bonchev–Trinajstić information content (AvgIpc) is 3.14. The predicted octanol–water partition coefficient (Wildman–Crippen LogP) is 2.09. The molecular weight excluding hydrogens is 374 g/mol. The first-order chi connectivity index (χ1) is 13.0. The largest absolute Gasteiger partial charge is 0.478 e. The van der Waals surface area contributed by atoms with Gasteiger partial charge in [-0.3, -0.25) is 10.1 Å². The number of hydrogen-bond donors (Lipinski definition) is 2. The minimum absolute atomic E-state index is 0.0487. The van der Waals surface area contributed by atoms with Crippen LogP contribution >= 0.6 is 11.8 Å². The maximum absolute atomic E-state index is 10.9. The number of hydrogen-bond acceptors (Lipinski definition) is 8. The molecule has 0 spiro atoms. The Morgan fingerprint density at radius 1 is 1.19 bits per heavy atom. The van der Waals surface area contributed by atoms with E-state index >= 15 is 0 Å². The van der Waals surface area contributed by atoms with E-state index in [1.54, 1.807) is 12.1 Å². The summed E-state index contributed by atoms with van der Waals surface area (Å²) in [7, 11) is 0. The smallest absolute Gasteiger partial charge is 0.335 e. The van der Waals surface area contributed by atoms with Crippen molar-refractivity contribution in [1.82, 2.24) is 20.2 Å². The van der Waals surface area contributed by atoms with Crippen molar-refractivity contribution in [2.75, 3.05) is 5.75 Å². The van der Waals surface area contributed by atoms with Crippen molar-refractivity contribution in [3.8, 4) is 5.69 Å². The molecule has 11 heteroatoms. The molecule has 0 aliphatic rings. The van der Waals surface area contributed by atoms with Gasteiger partial charge in [-0.2, -0.15) is 4.68 Å². The minimum Gasteiger partial charge on any atom is -0.478 e. The molecule has 0 fully saturated rings. The normalized spacial score (nSPS) is 11.9. The molecule has 2 N–H and O–H groups in total. The summed E-state index contributed by atoms with van der Waals surface area (Å²) in [5.41, 5.74) is 1.22. The predicted molar refractivity (Wildman–Crippen MR) is 94.9 cm³/mol. The van der Waals surface area contributed by atoms with E-state index in [0.717, 1.165) is 0 Å². The first-order valence-electron chi connectivity index (χ1n) is 7.63. The summed E-state index contributed by atoms with van der Waals surface area (Å²) in [6.07, 6.45) is -0.865. The molecule has 1 atom stereocenters. The number of nitrogens with zero attached hydrogens (tertiary/aromatic N) is 5. The molecule has 1 unspecified atom stereocenters. The standard InChI is InChI=1S/C16H13N5O5S/c22-14(10-1-7-13(8-2-10)21(25)26)9-27-16-17-18-19-20(16)12-5-3-11(4-6-12)15(23)24/h1-8,14,22H,9H2,(H,23,24). The highest BCUT2D eigenvalue weighted by Crippen LogP contribution is 2.25. The van der Waals surface area contributed by atoms with Gasteiger partial charge in [0.15, 0.2) is 0 Å². The van der Waals surface area contributed by atoms with E-state index in [1.165, 1.54) is 52.8 Å². The fourth-order valence-electron chi connectivity index (χ4n) is 2.24. The third kappa shape index (κ3) is 4.27. The molecule has 2 aromatic carbocycles. The number of benzene rings is 2. The maximum atomic E-state index is 10.9. The highest BCUT2D eigenvalue weighted by atomic mass is 32.2. The van der Waals surface area contributed by atoms with Gasteiger partial charge in [-0.1, -0.05) is 11.8 Å². The van der Waals surface area contributed by atoms with Crippen LogP contribution in [0.4, 0.5) is 5.69 Å². The lowest BCUT2D eigenvalue weighted by molar-refractivity contribution is -0.384. The Bertz CT molecular complexity index is 958. The molecule has 3 aromatic rings. The molecule has 1 heterocycles. The van der Waals surface area contributed by atoms with Gasteiger partial charge in [0.1, 0.15) is 0 Å². The number of aromatic carboxylic acids is 1. The van der Waals surface area contributed by atoms with Crippen molar-refractivity contribution in [1.29, 1.82) is 0 Å². The summed E-state index contributed by atoms with van der Waals surface area (Å²) in [5, 5.41) is 41.7. The number of aromatic nitrogens is 4. The monoisotopic (exact) mass is 387 g/mol. The molecule has 0 radical (unpaired) electrons. The number of aliphatic hydroxyl groups excluding tert-OH is 1. The SMILES string of the molecule is O=C(O)c1ccc(-n2nnnc2SCC(O)c2ccc([N+](=O)[O-])cc2)cc1. The van der Waals surface area contributed by atoms with Gasteiger partial charge < -0.3 is 10.2 Å². The van der Waals surface area contributed by atoms with E-state index in [9.17, 15) is 20.0 Å². The Kier molecular flexibility index (Phi) is 5.43. The second-order valence-corrected chi connectivity index (χ2v) is 6.39. The Morgan fingerprint density at radius 3 is 2.44 bits per heavy atom. The third-order valence-electron chi connectivity index (χ3n) is 3.66. The van der Waals surface area contributed by atoms with E-state index in [-0.39, 0.29) is 17.0 Å². The highest BCUT2D eigenvalue weighted by Gasteiger charge is 2.15. The van der Waals surface area contributed by atoms with Gasteiger partial charge in [0.05, 0.1) is 22.3 Å². The van der Waals surface area contributed by atoms with Crippen LogP contribution in [0.3, 0.4) is 0 Å². The fourth-order valence-corrected chi connectivity index (χ4v) is 3.10. The van der Waals surface area contributed by atoms with Gasteiger partial charge in [0.2, 0.25) is 5.16 Å². The Morgan fingerprint density at radius 2 is 1.85 bits per heavy atom. The first kappa shape index (κ1) is 18.5. The molecule has 0 saturated carbocycles. The molecule has 0 aliphatic heterocycles. The van der Waals surface area contributed by atoms with Crippen molar-refractivity contribution in [3.05, 3.63) is 69.8 Å².